The first-order valence-electron chi connectivity index (χ1n) is 6.12. The number of benzene rings is 1. The summed E-state index contributed by atoms with van der Waals surface area (Å²) in [7, 11) is 1.81. The average molecular weight is 268 g/mol. The van der Waals surface area contributed by atoms with Crippen LogP contribution in [0.1, 0.15) is 40.9 Å². The normalized spacial score (nSPS) is 11.5. The summed E-state index contributed by atoms with van der Waals surface area (Å²) in [5, 5.41) is 0. The standard InChI is InChI=1S/C15H22ClNO/c1-10-7-11(2)13(12(3)8-10)14(18)17(6)15(4,5)9-16/h7-8H,9H2,1-6H3. The molecule has 1 aromatic carbocycles. The maximum Gasteiger partial charge on any atom is 0.254 e. The second-order valence-electron chi connectivity index (χ2n) is 5.58. The van der Waals surface area contributed by atoms with Crippen molar-refractivity contribution in [1.82, 2.24) is 4.90 Å². The number of carbonyl (C=O) groups is 1. The fourth-order valence-corrected chi connectivity index (χ4v) is 2.23. The maximum absolute atomic E-state index is 12.6. The van der Waals surface area contributed by atoms with Crippen LogP contribution in [0.2, 0.25) is 0 Å². The molecule has 3 heteroatoms. The Bertz CT molecular complexity index is 443. The van der Waals surface area contributed by atoms with E-state index in [1.165, 1.54) is 5.56 Å². The van der Waals surface area contributed by atoms with Gasteiger partial charge in [-0.2, -0.15) is 0 Å². The molecule has 1 amide bonds. The summed E-state index contributed by atoms with van der Waals surface area (Å²) in [6.07, 6.45) is 0. The summed E-state index contributed by atoms with van der Waals surface area (Å²) in [6.45, 7) is 9.94. The van der Waals surface area contributed by atoms with Crippen LogP contribution in [0.3, 0.4) is 0 Å². The number of alkyl halides is 1. The predicted molar refractivity (Wildman–Crippen MR) is 77.5 cm³/mol. The predicted octanol–water partition coefficient (Wildman–Crippen LogP) is 3.70. The fraction of sp³-hybridized carbons (Fsp3) is 0.533. The van der Waals surface area contributed by atoms with E-state index in [9.17, 15) is 4.79 Å². The highest BCUT2D eigenvalue weighted by Gasteiger charge is 2.28. The number of hydrogen-bond acceptors (Lipinski definition) is 1. The van der Waals surface area contributed by atoms with E-state index in [0.29, 0.717) is 5.88 Å². The summed E-state index contributed by atoms with van der Waals surface area (Å²) in [5.41, 5.74) is 3.68. The van der Waals surface area contributed by atoms with Gasteiger partial charge in [-0.25, -0.2) is 0 Å². The zero-order chi connectivity index (χ0) is 14.1. The van der Waals surface area contributed by atoms with Crippen LogP contribution in [0.5, 0.6) is 0 Å². The molecule has 0 aliphatic rings. The molecule has 0 aliphatic carbocycles. The summed E-state index contributed by atoms with van der Waals surface area (Å²) in [5.74, 6) is 0.454. The summed E-state index contributed by atoms with van der Waals surface area (Å²) in [6, 6.07) is 4.09. The van der Waals surface area contributed by atoms with Gasteiger partial charge in [-0.3, -0.25) is 4.79 Å². The molecule has 100 valence electrons. The molecule has 0 saturated heterocycles. The Morgan fingerprint density at radius 3 is 2.06 bits per heavy atom. The number of halogens is 1. The fourth-order valence-electron chi connectivity index (χ4n) is 2.05. The van der Waals surface area contributed by atoms with Gasteiger partial charge in [0.1, 0.15) is 0 Å². The number of aryl methyl sites for hydroxylation is 3. The largest absolute Gasteiger partial charge is 0.335 e. The molecule has 0 unspecified atom stereocenters. The third-order valence-electron chi connectivity index (χ3n) is 3.43. The number of carbonyl (C=O) groups excluding carboxylic acids is 1. The lowest BCUT2D eigenvalue weighted by Crippen LogP contribution is -2.46. The summed E-state index contributed by atoms with van der Waals surface area (Å²) in [4.78, 5) is 14.3. The molecule has 0 saturated carbocycles. The molecule has 0 heterocycles. The van der Waals surface area contributed by atoms with Gasteiger partial charge in [0.2, 0.25) is 0 Å². The molecule has 18 heavy (non-hydrogen) atoms. The molecule has 0 radical (unpaired) electrons. The van der Waals surface area contributed by atoms with Gasteiger partial charge >= 0.3 is 0 Å². The van der Waals surface area contributed by atoms with Crippen molar-refractivity contribution in [1.29, 1.82) is 0 Å². The minimum absolute atomic E-state index is 0.0376. The summed E-state index contributed by atoms with van der Waals surface area (Å²) < 4.78 is 0. The molecular weight excluding hydrogens is 246 g/mol. The van der Waals surface area contributed by atoms with E-state index in [0.717, 1.165) is 16.7 Å². The van der Waals surface area contributed by atoms with Gasteiger partial charge in [-0.1, -0.05) is 17.7 Å². The number of rotatable bonds is 3. The van der Waals surface area contributed by atoms with Crippen molar-refractivity contribution in [3.05, 3.63) is 34.4 Å². The minimum atomic E-state index is -0.345. The van der Waals surface area contributed by atoms with E-state index in [4.69, 9.17) is 11.6 Å². The van der Waals surface area contributed by atoms with Gasteiger partial charge in [-0.15, -0.1) is 11.6 Å². The lowest BCUT2D eigenvalue weighted by Gasteiger charge is -2.34. The van der Waals surface area contributed by atoms with Gasteiger partial charge in [0.05, 0.1) is 5.54 Å². The smallest absolute Gasteiger partial charge is 0.254 e. The average Bonchev–Trinajstić information content (AvgIpc) is 2.26. The molecule has 0 aliphatic heterocycles. The second-order valence-corrected chi connectivity index (χ2v) is 5.85. The highest BCUT2D eigenvalue weighted by atomic mass is 35.5. The third kappa shape index (κ3) is 2.86. The Kier molecular flexibility index (Phi) is 4.44. The third-order valence-corrected chi connectivity index (χ3v) is 4.08. The summed E-state index contributed by atoms with van der Waals surface area (Å²) >= 11 is 5.93. The topological polar surface area (TPSA) is 20.3 Å². The van der Waals surface area contributed by atoms with Crippen LogP contribution in [0.4, 0.5) is 0 Å². The Labute approximate surface area is 115 Å². The minimum Gasteiger partial charge on any atom is -0.335 e. The molecular formula is C15H22ClNO. The van der Waals surface area contributed by atoms with Crippen molar-refractivity contribution in [3.8, 4) is 0 Å². The van der Waals surface area contributed by atoms with Gasteiger partial charge in [-0.05, 0) is 45.7 Å². The first-order valence-corrected chi connectivity index (χ1v) is 6.66. The highest BCUT2D eigenvalue weighted by molar-refractivity contribution is 6.18. The zero-order valence-corrected chi connectivity index (χ0v) is 12.9. The van der Waals surface area contributed by atoms with Crippen LogP contribution < -0.4 is 0 Å². The zero-order valence-electron chi connectivity index (χ0n) is 12.1. The van der Waals surface area contributed by atoms with Crippen LogP contribution >= 0.6 is 11.6 Å². The van der Waals surface area contributed by atoms with Crippen molar-refractivity contribution >= 4 is 17.5 Å². The van der Waals surface area contributed by atoms with Crippen molar-refractivity contribution in [3.63, 3.8) is 0 Å². The molecule has 0 aromatic heterocycles. The van der Waals surface area contributed by atoms with E-state index in [1.54, 1.807) is 4.90 Å². The van der Waals surface area contributed by atoms with E-state index in [2.05, 4.69) is 0 Å². The highest BCUT2D eigenvalue weighted by Crippen LogP contribution is 2.22. The first-order chi connectivity index (χ1) is 8.20. The Hall–Kier alpha value is -1.02. The SMILES string of the molecule is Cc1cc(C)c(C(=O)N(C)C(C)(C)CCl)c(C)c1. The molecule has 0 N–H and O–H groups in total. The van der Waals surface area contributed by atoms with E-state index >= 15 is 0 Å². The van der Waals surface area contributed by atoms with Crippen LogP contribution in [0, 0.1) is 20.8 Å². The quantitative estimate of drug-likeness (QED) is 0.765. The first kappa shape index (κ1) is 15.0. The number of hydrogen-bond donors (Lipinski definition) is 0. The Morgan fingerprint density at radius 2 is 1.67 bits per heavy atom. The van der Waals surface area contributed by atoms with E-state index in [1.807, 2.05) is 53.8 Å². The van der Waals surface area contributed by atoms with Gasteiger partial charge in [0.25, 0.3) is 5.91 Å². The Morgan fingerprint density at radius 1 is 1.22 bits per heavy atom. The number of nitrogens with zero attached hydrogens (tertiary/aromatic N) is 1. The molecule has 1 rings (SSSR count). The molecule has 0 fully saturated rings. The van der Waals surface area contributed by atoms with Crippen molar-refractivity contribution in [2.45, 2.75) is 40.2 Å². The second kappa shape index (κ2) is 5.31. The monoisotopic (exact) mass is 267 g/mol. The van der Waals surface area contributed by atoms with Crippen LogP contribution in [0.15, 0.2) is 12.1 Å². The van der Waals surface area contributed by atoms with Gasteiger partial charge in [0, 0.05) is 18.5 Å². The van der Waals surface area contributed by atoms with Crippen LogP contribution in [0.25, 0.3) is 0 Å². The van der Waals surface area contributed by atoms with Crippen molar-refractivity contribution in [2.75, 3.05) is 12.9 Å². The van der Waals surface area contributed by atoms with Crippen molar-refractivity contribution < 1.29 is 4.79 Å². The van der Waals surface area contributed by atoms with E-state index < -0.39 is 0 Å². The lowest BCUT2D eigenvalue weighted by molar-refractivity contribution is 0.0658. The molecule has 1 aromatic rings. The van der Waals surface area contributed by atoms with Crippen LogP contribution in [-0.2, 0) is 0 Å². The lowest BCUT2D eigenvalue weighted by atomic mass is 9.97. The molecule has 2 nitrogen and oxygen atoms in total. The van der Waals surface area contributed by atoms with E-state index in [-0.39, 0.29) is 11.4 Å². The van der Waals surface area contributed by atoms with Crippen molar-refractivity contribution in [2.24, 2.45) is 0 Å². The van der Waals surface area contributed by atoms with Gasteiger partial charge < -0.3 is 4.90 Å². The number of amides is 1. The molecule has 0 atom stereocenters. The molecule has 0 bridgehead atoms. The maximum atomic E-state index is 12.6. The van der Waals surface area contributed by atoms with Crippen LogP contribution in [-0.4, -0.2) is 29.3 Å². The Balaban J connectivity index is 3.20. The van der Waals surface area contributed by atoms with Gasteiger partial charge in [0.15, 0.2) is 0 Å². The molecule has 0 spiro atoms.